The summed E-state index contributed by atoms with van der Waals surface area (Å²) in [7, 11) is -2.25. The zero-order chi connectivity index (χ0) is 18.7. The van der Waals surface area contributed by atoms with E-state index in [-0.39, 0.29) is 28.6 Å². The second kappa shape index (κ2) is 8.01. The molecule has 0 saturated carbocycles. The third-order valence-corrected chi connectivity index (χ3v) is 6.21. The summed E-state index contributed by atoms with van der Waals surface area (Å²) >= 11 is 6.00. The van der Waals surface area contributed by atoms with Gasteiger partial charge in [0, 0.05) is 32.7 Å². The first-order valence-corrected chi connectivity index (χ1v) is 9.98. The Hall–Kier alpha value is -1.52. The molecule has 142 valence electrons. The summed E-state index contributed by atoms with van der Waals surface area (Å²) in [5.74, 6) is -0.338. The minimum atomic E-state index is -3.87. The van der Waals surface area contributed by atoms with Crippen molar-refractivity contribution in [2.75, 3.05) is 32.8 Å². The van der Waals surface area contributed by atoms with E-state index in [1.807, 2.05) is 0 Å². The minimum Gasteiger partial charge on any atom is -0.379 e. The molecule has 2 heterocycles. The van der Waals surface area contributed by atoms with Crippen molar-refractivity contribution in [3.05, 3.63) is 47.1 Å². The van der Waals surface area contributed by atoms with Crippen LogP contribution in [0.5, 0.6) is 0 Å². The van der Waals surface area contributed by atoms with Crippen molar-refractivity contribution in [1.82, 2.24) is 19.2 Å². The molecule has 1 saturated heterocycles. The van der Waals surface area contributed by atoms with E-state index in [1.54, 1.807) is 19.2 Å². The lowest BCUT2D eigenvalue weighted by Crippen LogP contribution is -2.43. The van der Waals surface area contributed by atoms with Crippen molar-refractivity contribution in [3.63, 3.8) is 0 Å². The highest BCUT2D eigenvalue weighted by molar-refractivity contribution is 7.89. The molecule has 1 aromatic carbocycles. The lowest BCUT2D eigenvalue weighted by atomic mass is 10.0. The van der Waals surface area contributed by atoms with Crippen LogP contribution >= 0.6 is 11.6 Å². The molecule has 26 heavy (non-hydrogen) atoms. The number of ether oxygens (including phenoxy) is 1. The minimum absolute atomic E-state index is 0.0437. The maximum atomic E-state index is 13.3. The number of hydrogen-bond donors (Lipinski definition) is 1. The van der Waals surface area contributed by atoms with Crippen LogP contribution in [-0.2, 0) is 21.8 Å². The fourth-order valence-electron chi connectivity index (χ4n) is 2.86. The van der Waals surface area contributed by atoms with Gasteiger partial charge in [-0.25, -0.2) is 22.5 Å². The Bertz CT molecular complexity index is 851. The molecule has 1 atom stereocenters. The fourth-order valence-corrected chi connectivity index (χ4v) is 4.33. The first-order chi connectivity index (χ1) is 12.4. The van der Waals surface area contributed by atoms with Gasteiger partial charge in [-0.3, -0.25) is 4.90 Å². The van der Waals surface area contributed by atoms with Crippen molar-refractivity contribution < 1.29 is 17.5 Å². The summed E-state index contributed by atoms with van der Waals surface area (Å²) in [6.07, 6.45) is 1.34. The van der Waals surface area contributed by atoms with E-state index in [9.17, 15) is 12.8 Å². The van der Waals surface area contributed by atoms with Crippen LogP contribution in [0.4, 0.5) is 4.39 Å². The van der Waals surface area contributed by atoms with Crippen molar-refractivity contribution in [3.8, 4) is 0 Å². The quantitative estimate of drug-likeness (QED) is 0.793. The Morgan fingerprint density at radius 2 is 1.96 bits per heavy atom. The zero-order valence-corrected chi connectivity index (χ0v) is 15.8. The molecule has 1 fully saturated rings. The maximum absolute atomic E-state index is 13.3. The van der Waals surface area contributed by atoms with Gasteiger partial charge in [0.05, 0.1) is 19.5 Å². The predicted molar refractivity (Wildman–Crippen MR) is 94.9 cm³/mol. The predicted octanol–water partition coefficient (Wildman–Crippen LogP) is 1.56. The molecule has 3 rings (SSSR count). The largest absolute Gasteiger partial charge is 0.379 e. The van der Waals surface area contributed by atoms with Crippen molar-refractivity contribution in [2.45, 2.75) is 11.1 Å². The first-order valence-electron chi connectivity index (χ1n) is 8.12. The molecule has 10 heteroatoms. The summed E-state index contributed by atoms with van der Waals surface area (Å²) in [5, 5.41) is -0.163. The Balaban J connectivity index is 1.81. The molecule has 1 aliphatic heterocycles. The molecule has 0 amide bonds. The fraction of sp³-hybridized carbons (Fsp3) is 0.438. The van der Waals surface area contributed by atoms with Crippen LogP contribution in [0.3, 0.4) is 0 Å². The average molecular weight is 403 g/mol. The van der Waals surface area contributed by atoms with Crippen LogP contribution < -0.4 is 4.72 Å². The second-order valence-corrected chi connectivity index (χ2v) is 8.06. The van der Waals surface area contributed by atoms with Gasteiger partial charge in [0.1, 0.15) is 11.0 Å². The van der Waals surface area contributed by atoms with Crippen LogP contribution in [0, 0.1) is 5.82 Å². The van der Waals surface area contributed by atoms with Crippen LogP contribution in [0.25, 0.3) is 0 Å². The smallest absolute Gasteiger partial charge is 0.261 e. The number of nitrogens with one attached hydrogen (secondary N) is 1. The molecule has 0 radical (unpaired) electrons. The molecule has 7 nitrogen and oxygen atoms in total. The number of benzene rings is 1. The summed E-state index contributed by atoms with van der Waals surface area (Å²) in [5.41, 5.74) is 0.822. The van der Waals surface area contributed by atoms with E-state index in [0.717, 1.165) is 5.56 Å². The number of imidazole rings is 1. The van der Waals surface area contributed by atoms with Crippen LogP contribution in [0.2, 0.25) is 5.15 Å². The van der Waals surface area contributed by atoms with Crippen molar-refractivity contribution in [2.24, 2.45) is 7.05 Å². The average Bonchev–Trinajstić information content (AvgIpc) is 2.97. The standard InChI is InChI=1S/C16H20ClFN4O3S/c1-21-11-19-16(15(21)17)26(23,24)20-10-14(22-6-8-25-9-7-22)12-2-4-13(18)5-3-12/h2-5,11,14,20H,6-10H2,1H3. The first kappa shape index (κ1) is 19.2. The van der Waals surface area contributed by atoms with E-state index in [4.69, 9.17) is 16.3 Å². The van der Waals surface area contributed by atoms with Gasteiger partial charge in [0.2, 0.25) is 5.03 Å². The normalized spacial score (nSPS) is 17.3. The number of nitrogens with zero attached hydrogens (tertiary/aromatic N) is 3. The van der Waals surface area contributed by atoms with E-state index in [1.165, 1.54) is 23.0 Å². The highest BCUT2D eigenvalue weighted by Gasteiger charge is 2.27. The summed E-state index contributed by atoms with van der Waals surface area (Å²) < 4.78 is 47.8. The molecule has 0 bridgehead atoms. The molecule has 0 spiro atoms. The highest BCUT2D eigenvalue weighted by atomic mass is 35.5. The number of halogens is 2. The molecule has 1 unspecified atom stereocenters. The van der Waals surface area contributed by atoms with Crippen LogP contribution in [-0.4, -0.2) is 55.7 Å². The Kier molecular flexibility index (Phi) is 5.93. The van der Waals surface area contributed by atoms with E-state index in [2.05, 4.69) is 14.6 Å². The van der Waals surface area contributed by atoms with E-state index >= 15 is 0 Å². The molecule has 1 N–H and O–H groups in total. The van der Waals surface area contributed by atoms with Gasteiger partial charge in [-0.2, -0.15) is 0 Å². The summed E-state index contributed by atoms with van der Waals surface area (Å²) in [4.78, 5) is 5.97. The number of morpholine rings is 1. The lowest BCUT2D eigenvalue weighted by molar-refractivity contribution is 0.0172. The summed E-state index contributed by atoms with van der Waals surface area (Å²) in [6, 6.07) is 5.81. The number of rotatable bonds is 6. The van der Waals surface area contributed by atoms with Crippen molar-refractivity contribution in [1.29, 1.82) is 0 Å². The van der Waals surface area contributed by atoms with Gasteiger partial charge in [-0.1, -0.05) is 23.7 Å². The molecular formula is C16H20ClFN4O3S. The Morgan fingerprint density at radius 1 is 1.31 bits per heavy atom. The van der Waals surface area contributed by atoms with E-state index < -0.39 is 10.0 Å². The SMILES string of the molecule is Cn1cnc(S(=O)(=O)NCC(c2ccc(F)cc2)N2CCOCC2)c1Cl. The van der Waals surface area contributed by atoms with Gasteiger partial charge in [0.15, 0.2) is 0 Å². The molecule has 2 aromatic rings. The summed E-state index contributed by atoms with van der Waals surface area (Å²) in [6.45, 7) is 2.57. The van der Waals surface area contributed by atoms with Gasteiger partial charge in [0.25, 0.3) is 10.0 Å². The number of aromatic nitrogens is 2. The van der Waals surface area contributed by atoms with Crippen molar-refractivity contribution >= 4 is 21.6 Å². The molecule has 0 aliphatic carbocycles. The topological polar surface area (TPSA) is 76.5 Å². The Labute approximate surface area is 156 Å². The highest BCUT2D eigenvalue weighted by Crippen LogP contribution is 2.23. The third kappa shape index (κ3) is 4.24. The molecular weight excluding hydrogens is 383 g/mol. The number of hydrogen-bond acceptors (Lipinski definition) is 5. The number of aryl methyl sites for hydroxylation is 1. The monoisotopic (exact) mass is 402 g/mol. The molecule has 1 aliphatic rings. The molecule has 1 aromatic heterocycles. The maximum Gasteiger partial charge on any atom is 0.261 e. The van der Waals surface area contributed by atoms with Crippen LogP contribution in [0.15, 0.2) is 35.6 Å². The van der Waals surface area contributed by atoms with Crippen LogP contribution in [0.1, 0.15) is 11.6 Å². The third-order valence-electron chi connectivity index (χ3n) is 4.30. The van der Waals surface area contributed by atoms with Gasteiger partial charge in [-0.05, 0) is 17.7 Å². The van der Waals surface area contributed by atoms with Gasteiger partial charge in [-0.15, -0.1) is 0 Å². The van der Waals surface area contributed by atoms with Gasteiger partial charge < -0.3 is 9.30 Å². The Morgan fingerprint density at radius 3 is 2.54 bits per heavy atom. The zero-order valence-electron chi connectivity index (χ0n) is 14.2. The van der Waals surface area contributed by atoms with Gasteiger partial charge >= 0.3 is 0 Å². The van der Waals surface area contributed by atoms with E-state index in [0.29, 0.717) is 26.3 Å². The lowest BCUT2D eigenvalue weighted by Gasteiger charge is -2.34. The number of sulfonamides is 1. The second-order valence-electron chi connectivity index (χ2n) is 6.02.